The smallest absolute Gasteiger partial charge is 0.147 e. The van der Waals surface area contributed by atoms with Crippen LogP contribution in [0.3, 0.4) is 0 Å². The first kappa shape index (κ1) is 24.6. The topological polar surface area (TPSA) is 115 Å². The van der Waals surface area contributed by atoms with Crippen molar-refractivity contribution in [3.05, 3.63) is 40.8 Å². The number of aliphatic hydroxyl groups excluding tert-OH is 2. The van der Waals surface area contributed by atoms with Crippen molar-refractivity contribution in [3.8, 4) is 23.0 Å². The zero-order chi connectivity index (χ0) is 23.1. The molecule has 0 aromatic carbocycles. The van der Waals surface area contributed by atoms with Gasteiger partial charge in [-0.05, 0) is 13.0 Å². The Balaban J connectivity index is 1.82. The van der Waals surface area contributed by atoms with Crippen LogP contribution < -0.4 is 0 Å². The molecular formula is C20H22ClN5O4S2. The standard InChI is InChI=1S/C20H22ClN5O4S2/c1-4-13-5-14(7-22-6-13)32-20(30-17(10-27)12(2)28)16(29-3)9-26-8-15(24-25-26)19-23-18(21)11-31-19/h1,5-8,11-12,16-17,20,27-28H,9-10H2,2-3H3/t12-,16+,17?,20?/m1/s1. The Labute approximate surface area is 198 Å². The van der Waals surface area contributed by atoms with Gasteiger partial charge in [0, 0.05) is 35.3 Å². The second-order valence-electron chi connectivity index (χ2n) is 6.71. The van der Waals surface area contributed by atoms with Crippen LogP contribution in [-0.4, -0.2) is 72.6 Å². The van der Waals surface area contributed by atoms with Crippen molar-refractivity contribution in [2.45, 2.75) is 42.1 Å². The zero-order valence-corrected chi connectivity index (χ0v) is 19.7. The third-order valence-corrected chi connectivity index (χ3v) is 6.70. The largest absolute Gasteiger partial charge is 0.394 e. The first-order valence-corrected chi connectivity index (χ1v) is 11.6. The van der Waals surface area contributed by atoms with Crippen molar-refractivity contribution in [1.29, 1.82) is 0 Å². The summed E-state index contributed by atoms with van der Waals surface area (Å²) < 4.78 is 13.3. The first-order chi connectivity index (χ1) is 15.4. The van der Waals surface area contributed by atoms with Gasteiger partial charge in [-0.3, -0.25) is 4.98 Å². The summed E-state index contributed by atoms with van der Waals surface area (Å²) in [4.78, 5) is 9.10. The van der Waals surface area contributed by atoms with E-state index < -0.39 is 23.7 Å². The predicted molar refractivity (Wildman–Crippen MR) is 122 cm³/mol. The summed E-state index contributed by atoms with van der Waals surface area (Å²) in [6.45, 7) is 1.49. The molecule has 2 unspecified atom stereocenters. The highest BCUT2D eigenvalue weighted by Crippen LogP contribution is 2.30. The van der Waals surface area contributed by atoms with E-state index in [2.05, 4.69) is 26.2 Å². The van der Waals surface area contributed by atoms with E-state index in [1.165, 1.54) is 23.1 Å². The summed E-state index contributed by atoms with van der Waals surface area (Å²) in [7, 11) is 1.55. The van der Waals surface area contributed by atoms with E-state index in [1.54, 1.807) is 48.8 Å². The van der Waals surface area contributed by atoms with Crippen LogP contribution in [0.1, 0.15) is 12.5 Å². The van der Waals surface area contributed by atoms with E-state index in [1.807, 2.05) is 0 Å². The summed E-state index contributed by atoms with van der Waals surface area (Å²) in [5, 5.41) is 30.7. The van der Waals surface area contributed by atoms with Crippen LogP contribution >= 0.6 is 34.7 Å². The second kappa shape index (κ2) is 11.7. The number of methoxy groups -OCH3 is 1. The Bertz CT molecular complexity index is 1050. The fourth-order valence-corrected chi connectivity index (χ4v) is 4.71. The van der Waals surface area contributed by atoms with E-state index in [0.717, 1.165) is 4.90 Å². The molecule has 9 nitrogen and oxygen atoms in total. The molecule has 0 saturated heterocycles. The lowest BCUT2D eigenvalue weighted by Gasteiger charge is -2.30. The van der Waals surface area contributed by atoms with Crippen molar-refractivity contribution < 1.29 is 19.7 Å². The van der Waals surface area contributed by atoms with E-state index in [-0.39, 0.29) is 6.61 Å². The fourth-order valence-electron chi connectivity index (χ4n) is 2.68. The van der Waals surface area contributed by atoms with Crippen LogP contribution in [0.5, 0.6) is 0 Å². The number of rotatable bonds is 11. The van der Waals surface area contributed by atoms with Crippen molar-refractivity contribution in [1.82, 2.24) is 25.0 Å². The number of terminal acetylenes is 1. The molecule has 3 rings (SSSR count). The average molecular weight is 496 g/mol. The number of ether oxygens (including phenoxy) is 2. The van der Waals surface area contributed by atoms with Crippen LogP contribution in [0.15, 0.2) is 34.9 Å². The lowest BCUT2D eigenvalue weighted by atomic mass is 10.2. The quantitative estimate of drug-likeness (QED) is 0.235. The third kappa shape index (κ3) is 6.49. The molecule has 0 fully saturated rings. The molecular weight excluding hydrogens is 474 g/mol. The molecule has 12 heteroatoms. The lowest BCUT2D eigenvalue weighted by Crippen LogP contribution is -2.40. The molecule has 0 aliphatic rings. The van der Waals surface area contributed by atoms with Crippen LogP contribution in [0, 0.1) is 12.3 Å². The SMILES string of the molecule is C#Cc1cncc(SC(OC(CO)[C@@H](C)O)[C@H](Cn2cc(-c3nc(Cl)cs3)nn2)OC)c1. The predicted octanol–water partition coefficient (Wildman–Crippen LogP) is 2.32. The molecule has 0 amide bonds. The van der Waals surface area contributed by atoms with Crippen molar-refractivity contribution >= 4 is 34.7 Å². The number of thioether (sulfide) groups is 1. The molecule has 0 saturated carbocycles. The Hall–Kier alpha value is -2.04. The summed E-state index contributed by atoms with van der Waals surface area (Å²) in [5.74, 6) is 2.55. The van der Waals surface area contributed by atoms with Gasteiger partial charge in [0.1, 0.15) is 33.5 Å². The minimum atomic E-state index is -0.886. The van der Waals surface area contributed by atoms with Gasteiger partial charge in [-0.25, -0.2) is 9.67 Å². The number of hydrogen-bond acceptors (Lipinski definition) is 10. The Morgan fingerprint density at radius 1 is 1.38 bits per heavy atom. The minimum Gasteiger partial charge on any atom is -0.394 e. The highest BCUT2D eigenvalue weighted by atomic mass is 35.5. The van der Waals surface area contributed by atoms with Crippen molar-refractivity contribution in [3.63, 3.8) is 0 Å². The van der Waals surface area contributed by atoms with Crippen LogP contribution in [0.2, 0.25) is 5.15 Å². The summed E-state index contributed by atoms with van der Waals surface area (Å²) in [6.07, 6.45) is 8.25. The van der Waals surface area contributed by atoms with E-state index >= 15 is 0 Å². The van der Waals surface area contributed by atoms with Gasteiger partial charge in [0.05, 0.1) is 25.5 Å². The summed E-state index contributed by atoms with van der Waals surface area (Å²) in [5.41, 5.74) is 0.591. The van der Waals surface area contributed by atoms with Gasteiger partial charge >= 0.3 is 0 Å². The first-order valence-electron chi connectivity index (χ1n) is 9.50. The monoisotopic (exact) mass is 495 g/mol. The molecule has 4 atom stereocenters. The van der Waals surface area contributed by atoms with Gasteiger partial charge < -0.3 is 19.7 Å². The van der Waals surface area contributed by atoms with Gasteiger partial charge in [0.15, 0.2) is 0 Å². The molecule has 0 radical (unpaired) electrons. The van der Waals surface area contributed by atoms with Gasteiger partial charge in [-0.1, -0.05) is 34.5 Å². The Morgan fingerprint density at radius 3 is 2.81 bits per heavy atom. The molecule has 0 aliphatic carbocycles. The van der Waals surface area contributed by atoms with Crippen LogP contribution in [0.25, 0.3) is 10.7 Å². The molecule has 3 aromatic heterocycles. The molecule has 0 spiro atoms. The molecule has 0 bridgehead atoms. The minimum absolute atomic E-state index is 0.292. The number of aliphatic hydroxyl groups is 2. The maximum atomic E-state index is 9.97. The van der Waals surface area contributed by atoms with Gasteiger partial charge in [0.25, 0.3) is 0 Å². The normalized spacial score (nSPS) is 15.1. The van der Waals surface area contributed by atoms with Crippen LogP contribution in [-0.2, 0) is 16.0 Å². The van der Waals surface area contributed by atoms with Crippen LogP contribution in [0.4, 0.5) is 0 Å². The highest BCUT2D eigenvalue weighted by molar-refractivity contribution is 7.99. The van der Waals surface area contributed by atoms with E-state index in [0.29, 0.717) is 28.0 Å². The van der Waals surface area contributed by atoms with E-state index in [4.69, 9.17) is 27.5 Å². The summed E-state index contributed by atoms with van der Waals surface area (Å²) >= 11 is 8.59. The fraction of sp³-hybridized carbons (Fsp3) is 0.400. The third-order valence-electron chi connectivity index (χ3n) is 4.37. The number of nitrogens with zero attached hydrogens (tertiary/aromatic N) is 5. The number of thiazole rings is 1. The number of hydrogen-bond donors (Lipinski definition) is 2. The zero-order valence-electron chi connectivity index (χ0n) is 17.3. The lowest BCUT2D eigenvalue weighted by molar-refractivity contribution is -0.105. The molecule has 3 aromatic rings. The van der Waals surface area contributed by atoms with Gasteiger partial charge in [-0.15, -0.1) is 22.9 Å². The molecule has 170 valence electrons. The van der Waals surface area contributed by atoms with Crippen molar-refractivity contribution in [2.75, 3.05) is 13.7 Å². The van der Waals surface area contributed by atoms with E-state index in [9.17, 15) is 10.2 Å². The maximum Gasteiger partial charge on any atom is 0.147 e. The van der Waals surface area contributed by atoms with Crippen molar-refractivity contribution in [2.24, 2.45) is 0 Å². The number of halogens is 1. The number of pyridine rings is 1. The van der Waals surface area contributed by atoms with Gasteiger partial charge in [-0.2, -0.15) is 0 Å². The van der Waals surface area contributed by atoms with Gasteiger partial charge in [0.2, 0.25) is 0 Å². The molecule has 32 heavy (non-hydrogen) atoms. The summed E-state index contributed by atoms with van der Waals surface area (Å²) in [6, 6.07) is 1.80. The average Bonchev–Trinajstić information content (AvgIpc) is 3.43. The second-order valence-corrected chi connectivity index (χ2v) is 9.13. The Kier molecular flexibility index (Phi) is 9.01. The maximum absolute atomic E-state index is 9.97. The number of aromatic nitrogens is 5. The highest BCUT2D eigenvalue weighted by Gasteiger charge is 2.29. The molecule has 2 N–H and O–H groups in total. The molecule has 3 heterocycles. The Morgan fingerprint density at radius 2 is 2.19 bits per heavy atom. The molecule has 0 aliphatic heterocycles.